The van der Waals surface area contributed by atoms with Gasteiger partial charge in [0, 0.05) is 6.04 Å². The normalized spacial score (nSPS) is 12.8. The number of amides is 1. The summed E-state index contributed by atoms with van der Waals surface area (Å²) in [5, 5.41) is 3.20. The predicted molar refractivity (Wildman–Crippen MR) is 99.4 cm³/mol. The van der Waals surface area contributed by atoms with Crippen molar-refractivity contribution >= 4 is 18.3 Å². The molecule has 0 saturated carbocycles. The minimum Gasteiger partial charge on any atom is -0.489 e. The maximum atomic E-state index is 11.1. The molecule has 130 valence electrons. The monoisotopic (exact) mass is 348 g/mol. The van der Waals surface area contributed by atoms with Crippen LogP contribution in [0, 0.1) is 0 Å². The zero-order chi connectivity index (χ0) is 16.7. The van der Waals surface area contributed by atoms with Crippen LogP contribution in [-0.2, 0) is 17.8 Å². The van der Waals surface area contributed by atoms with Crippen molar-refractivity contribution in [3.05, 3.63) is 65.7 Å². The van der Waals surface area contributed by atoms with Gasteiger partial charge in [0.25, 0.3) is 0 Å². The number of benzene rings is 2. The lowest BCUT2D eigenvalue weighted by atomic mass is 10.1. The van der Waals surface area contributed by atoms with Crippen molar-refractivity contribution in [1.29, 1.82) is 0 Å². The highest BCUT2D eigenvalue weighted by molar-refractivity contribution is 5.85. The molecule has 0 saturated heterocycles. The molecule has 1 amide bonds. The van der Waals surface area contributed by atoms with Gasteiger partial charge in [-0.05, 0) is 37.5 Å². The van der Waals surface area contributed by atoms with E-state index < -0.39 is 0 Å². The van der Waals surface area contributed by atoms with Crippen LogP contribution in [0.3, 0.4) is 0 Å². The average Bonchev–Trinajstić information content (AvgIpc) is 2.54. The highest BCUT2D eigenvalue weighted by Gasteiger charge is 2.14. The van der Waals surface area contributed by atoms with Crippen LogP contribution < -0.4 is 15.8 Å². The number of primary amides is 1. The summed E-state index contributed by atoms with van der Waals surface area (Å²) in [4.78, 5) is 11.1. The summed E-state index contributed by atoms with van der Waals surface area (Å²) < 4.78 is 5.96. The standard InChI is InChI=1S/C19H24N2O2.ClH/c1-14(21-15(2)19(20)22)12-17-10-6-7-11-18(17)23-13-16-8-4-3-5-9-16;/h3-11,14-15,21H,12-13H2,1-2H3,(H2,20,22);1H. The Bertz CT molecular complexity index is 634. The number of carbonyl (C=O) groups is 1. The van der Waals surface area contributed by atoms with Gasteiger partial charge in [-0.15, -0.1) is 12.4 Å². The molecule has 2 unspecified atom stereocenters. The fourth-order valence-corrected chi connectivity index (χ4v) is 2.45. The zero-order valence-electron chi connectivity index (χ0n) is 14.1. The minimum absolute atomic E-state index is 0. The summed E-state index contributed by atoms with van der Waals surface area (Å²) >= 11 is 0. The summed E-state index contributed by atoms with van der Waals surface area (Å²) in [5.41, 5.74) is 7.54. The van der Waals surface area contributed by atoms with Crippen LogP contribution in [0.25, 0.3) is 0 Å². The van der Waals surface area contributed by atoms with Gasteiger partial charge in [0.05, 0.1) is 6.04 Å². The fraction of sp³-hybridized carbons (Fsp3) is 0.316. The lowest BCUT2D eigenvalue weighted by Crippen LogP contribution is -2.44. The third-order valence-electron chi connectivity index (χ3n) is 3.70. The topological polar surface area (TPSA) is 64.3 Å². The molecule has 0 aliphatic heterocycles. The van der Waals surface area contributed by atoms with Crippen molar-refractivity contribution in [2.45, 2.75) is 39.0 Å². The number of hydrogen-bond donors (Lipinski definition) is 2. The first-order valence-corrected chi connectivity index (χ1v) is 7.86. The first-order chi connectivity index (χ1) is 11.1. The Labute approximate surface area is 149 Å². The van der Waals surface area contributed by atoms with E-state index in [4.69, 9.17) is 10.5 Å². The van der Waals surface area contributed by atoms with Gasteiger partial charge >= 0.3 is 0 Å². The van der Waals surface area contributed by atoms with Crippen molar-refractivity contribution in [1.82, 2.24) is 5.32 Å². The largest absolute Gasteiger partial charge is 0.489 e. The third-order valence-corrected chi connectivity index (χ3v) is 3.70. The van der Waals surface area contributed by atoms with E-state index in [9.17, 15) is 4.79 Å². The van der Waals surface area contributed by atoms with Crippen LogP contribution in [0.5, 0.6) is 5.75 Å². The summed E-state index contributed by atoms with van der Waals surface area (Å²) in [7, 11) is 0. The van der Waals surface area contributed by atoms with Crippen molar-refractivity contribution in [3.63, 3.8) is 0 Å². The number of para-hydroxylation sites is 1. The van der Waals surface area contributed by atoms with E-state index >= 15 is 0 Å². The van der Waals surface area contributed by atoms with E-state index in [0.717, 1.165) is 23.3 Å². The Morgan fingerprint density at radius 2 is 1.71 bits per heavy atom. The summed E-state index contributed by atoms with van der Waals surface area (Å²) in [6, 6.07) is 17.8. The lowest BCUT2D eigenvalue weighted by molar-refractivity contribution is -0.119. The van der Waals surface area contributed by atoms with Crippen molar-refractivity contribution in [3.8, 4) is 5.75 Å². The SMILES string of the molecule is CC(Cc1ccccc1OCc1ccccc1)NC(C)C(N)=O.Cl. The Kier molecular flexibility index (Phi) is 8.30. The lowest BCUT2D eigenvalue weighted by Gasteiger charge is -2.19. The quantitative estimate of drug-likeness (QED) is 0.770. The van der Waals surface area contributed by atoms with Gasteiger partial charge in [-0.3, -0.25) is 4.79 Å². The molecule has 0 fully saturated rings. The summed E-state index contributed by atoms with van der Waals surface area (Å²) in [6.45, 7) is 4.35. The summed E-state index contributed by atoms with van der Waals surface area (Å²) in [5.74, 6) is 0.530. The molecule has 2 aromatic carbocycles. The Hall–Kier alpha value is -2.04. The maximum Gasteiger partial charge on any atom is 0.234 e. The molecule has 0 aliphatic rings. The number of nitrogens with one attached hydrogen (secondary N) is 1. The zero-order valence-corrected chi connectivity index (χ0v) is 14.9. The second-order valence-corrected chi connectivity index (χ2v) is 5.78. The van der Waals surface area contributed by atoms with Gasteiger partial charge in [-0.2, -0.15) is 0 Å². The van der Waals surface area contributed by atoms with Crippen LogP contribution in [0.15, 0.2) is 54.6 Å². The van der Waals surface area contributed by atoms with Gasteiger partial charge in [0.2, 0.25) is 5.91 Å². The van der Waals surface area contributed by atoms with E-state index in [0.29, 0.717) is 6.61 Å². The molecule has 3 N–H and O–H groups in total. The number of ether oxygens (including phenoxy) is 1. The molecular formula is C19H25ClN2O2. The molecule has 2 rings (SSSR count). The number of nitrogens with two attached hydrogens (primary N) is 1. The number of rotatable bonds is 8. The molecule has 0 aromatic heterocycles. The van der Waals surface area contributed by atoms with Crippen molar-refractivity contribution in [2.24, 2.45) is 5.73 Å². The molecule has 2 aromatic rings. The molecule has 2 atom stereocenters. The Balaban J connectivity index is 0.00000288. The number of hydrogen-bond acceptors (Lipinski definition) is 3. The summed E-state index contributed by atoms with van der Waals surface area (Å²) in [6.07, 6.45) is 0.766. The van der Waals surface area contributed by atoms with Crippen LogP contribution in [0.4, 0.5) is 0 Å². The van der Waals surface area contributed by atoms with Gasteiger partial charge in [0.15, 0.2) is 0 Å². The first-order valence-electron chi connectivity index (χ1n) is 7.86. The van der Waals surface area contributed by atoms with Gasteiger partial charge in [-0.25, -0.2) is 0 Å². The van der Waals surface area contributed by atoms with Crippen molar-refractivity contribution < 1.29 is 9.53 Å². The molecule has 4 nitrogen and oxygen atoms in total. The highest BCUT2D eigenvalue weighted by Crippen LogP contribution is 2.21. The molecular weight excluding hydrogens is 324 g/mol. The van der Waals surface area contributed by atoms with Gasteiger partial charge < -0.3 is 15.8 Å². The molecule has 0 bridgehead atoms. The average molecular weight is 349 g/mol. The second kappa shape index (κ2) is 9.96. The highest BCUT2D eigenvalue weighted by atomic mass is 35.5. The van der Waals surface area contributed by atoms with E-state index in [1.807, 2.05) is 61.5 Å². The first kappa shape index (κ1) is 20.0. The van der Waals surface area contributed by atoms with E-state index in [1.165, 1.54) is 0 Å². The van der Waals surface area contributed by atoms with Gasteiger partial charge in [0.1, 0.15) is 12.4 Å². The Morgan fingerprint density at radius 3 is 2.38 bits per heavy atom. The minimum atomic E-state index is -0.345. The molecule has 0 radical (unpaired) electrons. The van der Waals surface area contributed by atoms with E-state index in [2.05, 4.69) is 5.32 Å². The second-order valence-electron chi connectivity index (χ2n) is 5.78. The molecule has 0 heterocycles. The molecule has 5 heteroatoms. The smallest absolute Gasteiger partial charge is 0.234 e. The van der Waals surface area contributed by atoms with E-state index in [1.54, 1.807) is 6.92 Å². The third kappa shape index (κ3) is 6.22. The molecule has 0 aliphatic carbocycles. The molecule has 0 spiro atoms. The maximum absolute atomic E-state index is 11.1. The number of carbonyl (C=O) groups excluding carboxylic acids is 1. The van der Waals surface area contributed by atoms with Crippen molar-refractivity contribution in [2.75, 3.05) is 0 Å². The molecule has 24 heavy (non-hydrogen) atoms. The predicted octanol–water partition coefficient (Wildman–Crippen LogP) is 3.08. The van der Waals surface area contributed by atoms with Gasteiger partial charge in [-0.1, -0.05) is 48.5 Å². The van der Waals surface area contributed by atoms with Crippen LogP contribution in [-0.4, -0.2) is 18.0 Å². The Morgan fingerprint density at radius 1 is 1.08 bits per heavy atom. The fourth-order valence-electron chi connectivity index (χ4n) is 2.45. The van der Waals surface area contributed by atoms with Crippen LogP contribution in [0.1, 0.15) is 25.0 Å². The van der Waals surface area contributed by atoms with Crippen LogP contribution >= 0.6 is 12.4 Å². The number of halogens is 1. The van der Waals surface area contributed by atoms with E-state index in [-0.39, 0.29) is 30.4 Å². The van der Waals surface area contributed by atoms with Crippen LogP contribution in [0.2, 0.25) is 0 Å².